The van der Waals surface area contributed by atoms with Gasteiger partial charge in [0.2, 0.25) is 11.6 Å². The summed E-state index contributed by atoms with van der Waals surface area (Å²) in [5.41, 5.74) is 0. The summed E-state index contributed by atoms with van der Waals surface area (Å²) >= 11 is 0. The van der Waals surface area contributed by atoms with Gasteiger partial charge in [0.25, 0.3) is 0 Å². The number of hydrogen-bond donors (Lipinski definition) is 0. The van der Waals surface area contributed by atoms with Crippen LogP contribution in [0.2, 0.25) is 0 Å². The number of hydrogen-bond acceptors (Lipinski definition) is 3. The summed E-state index contributed by atoms with van der Waals surface area (Å²) in [5.74, 6) is 0.841. The molecule has 1 aromatic carbocycles. The normalized spacial score (nSPS) is 24.1. The van der Waals surface area contributed by atoms with E-state index in [4.69, 9.17) is 14.2 Å². The van der Waals surface area contributed by atoms with Crippen LogP contribution in [0.15, 0.2) is 24.0 Å². The molecular formula is C25H36F2O3. The topological polar surface area (TPSA) is 27.7 Å². The van der Waals surface area contributed by atoms with Crippen molar-refractivity contribution in [3.05, 3.63) is 35.6 Å². The first-order valence-electron chi connectivity index (χ1n) is 11.7. The van der Waals surface area contributed by atoms with Gasteiger partial charge in [-0.15, -0.1) is 0 Å². The van der Waals surface area contributed by atoms with E-state index in [1.807, 2.05) is 0 Å². The van der Waals surface area contributed by atoms with E-state index < -0.39 is 11.6 Å². The third kappa shape index (κ3) is 6.12. The van der Waals surface area contributed by atoms with Crippen molar-refractivity contribution in [1.82, 2.24) is 0 Å². The Labute approximate surface area is 179 Å². The van der Waals surface area contributed by atoms with Gasteiger partial charge in [-0.1, -0.05) is 19.8 Å². The molecule has 2 aliphatic rings. The van der Waals surface area contributed by atoms with Crippen LogP contribution in [0.1, 0.15) is 71.6 Å². The molecular weight excluding hydrogens is 386 g/mol. The van der Waals surface area contributed by atoms with Crippen LogP contribution < -0.4 is 9.47 Å². The monoisotopic (exact) mass is 422 g/mol. The van der Waals surface area contributed by atoms with E-state index >= 15 is 0 Å². The van der Waals surface area contributed by atoms with Crippen molar-refractivity contribution in [1.29, 1.82) is 0 Å². The van der Waals surface area contributed by atoms with Gasteiger partial charge >= 0.3 is 0 Å². The summed E-state index contributed by atoms with van der Waals surface area (Å²) in [6.45, 7) is 5.53. The van der Waals surface area contributed by atoms with E-state index in [1.54, 1.807) is 6.92 Å². The highest BCUT2D eigenvalue weighted by Gasteiger charge is 2.30. The number of ether oxygens (including phenoxy) is 3. The van der Waals surface area contributed by atoms with Gasteiger partial charge in [-0.05, 0) is 81.4 Å². The van der Waals surface area contributed by atoms with Crippen LogP contribution in [0.4, 0.5) is 8.78 Å². The Balaban J connectivity index is 1.41. The number of halogens is 2. The van der Waals surface area contributed by atoms with Crippen molar-refractivity contribution in [2.75, 3.05) is 19.8 Å². The molecule has 1 heterocycles. The molecule has 0 aromatic heterocycles. The lowest BCUT2D eigenvalue weighted by atomic mass is 9.74. The molecule has 0 saturated heterocycles. The van der Waals surface area contributed by atoms with E-state index in [9.17, 15) is 8.78 Å². The molecule has 1 fully saturated rings. The van der Waals surface area contributed by atoms with Crippen molar-refractivity contribution in [3.8, 4) is 11.5 Å². The van der Waals surface area contributed by atoms with Gasteiger partial charge in [-0.25, -0.2) is 0 Å². The van der Waals surface area contributed by atoms with Crippen LogP contribution in [0.3, 0.4) is 0 Å². The lowest BCUT2D eigenvalue weighted by Gasteiger charge is -2.35. The van der Waals surface area contributed by atoms with Gasteiger partial charge in [-0.3, -0.25) is 0 Å². The Bertz CT molecular complexity index is 696. The molecule has 3 nitrogen and oxygen atoms in total. The van der Waals surface area contributed by atoms with Crippen LogP contribution >= 0.6 is 0 Å². The molecule has 1 saturated carbocycles. The largest absolute Gasteiger partial charge is 0.498 e. The molecule has 1 unspecified atom stereocenters. The first kappa shape index (κ1) is 22.9. The average molecular weight is 423 g/mol. The summed E-state index contributed by atoms with van der Waals surface area (Å²) in [7, 11) is 0. The molecule has 0 spiro atoms. The maximum Gasteiger partial charge on any atom is 0.204 e. The fourth-order valence-electron chi connectivity index (χ4n) is 4.60. The molecule has 30 heavy (non-hydrogen) atoms. The molecule has 5 heteroatoms. The highest BCUT2D eigenvalue weighted by atomic mass is 19.2. The molecule has 0 radical (unpaired) electrons. The molecule has 1 atom stereocenters. The maximum absolute atomic E-state index is 14.2. The number of rotatable bonds is 10. The molecule has 0 amide bonds. The highest BCUT2D eigenvalue weighted by Crippen LogP contribution is 2.38. The SMILES string of the molecule is CCCCCC1=CCC(C2CCC(COc3ccc(OCC)c(F)c3F)CC2)CO1. The summed E-state index contributed by atoms with van der Waals surface area (Å²) in [5, 5.41) is 0. The molecule has 0 bridgehead atoms. The summed E-state index contributed by atoms with van der Waals surface area (Å²) < 4.78 is 44.9. The highest BCUT2D eigenvalue weighted by molar-refractivity contribution is 5.35. The first-order chi connectivity index (χ1) is 14.6. The summed E-state index contributed by atoms with van der Waals surface area (Å²) in [4.78, 5) is 0. The van der Waals surface area contributed by atoms with E-state index in [0.29, 0.717) is 31.0 Å². The second kappa shape index (κ2) is 11.6. The number of benzene rings is 1. The van der Waals surface area contributed by atoms with Crippen LogP contribution in [-0.4, -0.2) is 19.8 Å². The molecule has 1 aliphatic carbocycles. The van der Waals surface area contributed by atoms with Crippen LogP contribution in [0, 0.1) is 29.4 Å². The van der Waals surface area contributed by atoms with Crippen molar-refractivity contribution in [3.63, 3.8) is 0 Å². The van der Waals surface area contributed by atoms with E-state index in [2.05, 4.69) is 13.0 Å². The van der Waals surface area contributed by atoms with E-state index in [-0.39, 0.29) is 11.5 Å². The predicted octanol–water partition coefficient (Wildman–Crippen LogP) is 7.05. The number of unbranched alkanes of at least 4 members (excludes halogenated alkanes) is 2. The van der Waals surface area contributed by atoms with Gasteiger partial charge in [-0.2, -0.15) is 8.78 Å². The van der Waals surface area contributed by atoms with Crippen molar-refractivity contribution < 1.29 is 23.0 Å². The van der Waals surface area contributed by atoms with Crippen molar-refractivity contribution >= 4 is 0 Å². The third-order valence-corrected chi connectivity index (χ3v) is 6.50. The van der Waals surface area contributed by atoms with Gasteiger partial charge in [0.1, 0.15) is 0 Å². The predicted molar refractivity (Wildman–Crippen MR) is 115 cm³/mol. The Morgan fingerprint density at radius 3 is 2.23 bits per heavy atom. The zero-order chi connectivity index (χ0) is 21.3. The smallest absolute Gasteiger partial charge is 0.204 e. The summed E-state index contributed by atoms with van der Waals surface area (Å²) in [6, 6.07) is 2.89. The van der Waals surface area contributed by atoms with Gasteiger partial charge in [0.05, 0.1) is 25.6 Å². The minimum absolute atomic E-state index is 0.0282. The standard InChI is InChI=1S/C25H36F2O3/c1-3-5-6-7-21-13-12-20(17-29-21)19-10-8-18(9-11-19)16-30-23-15-14-22(28-4-2)24(26)25(23)27/h13-15,18-20H,3-12,16-17H2,1-2H3. The minimum Gasteiger partial charge on any atom is -0.498 e. The minimum atomic E-state index is -0.975. The van der Waals surface area contributed by atoms with Crippen LogP contribution in [0.25, 0.3) is 0 Å². The lowest BCUT2D eigenvalue weighted by molar-refractivity contribution is 0.0766. The summed E-state index contributed by atoms with van der Waals surface area (Å²) in [6.07, 6.45) is 12.7. The van der Waals surface area contributed by atoms with Crippen molar-refractivity contribution in [2.24, 2.45) is 17.8 Å². The Hall–Kier alpha value is -1.78. The zero-order valence-electron chi connectivity index (χ0n) is 18.4. The maximum atomic E-state index is 14.2. The van der Waals surface area contributed by atoms with E-state index in [1.165, 1.54) is 37.2 Å². The third-order valence-electron chi connectivity index (χ3n) is 6.50. The number of allylic oxidation sites excluding steroid dienone is 2. The van der Waals surface area contributed by atoms with Gasteiger partial charge in [0, 0.05) is 6.42 Å². The van der Waals surface area contributed by atoms with E-state index in [0.717, 1.165) is 45.1 Å². The molecule has 1 aromatic rings. The van der Waals surface area contributed by atoms with Crippen LogP contribution in [0.5, 0.6) is 11.5 Å². The zero-order valence-corrected chi connectivity index (χ0v) is 18.4. The fraction of sp³-hybridized carbons (Fsp3) is 0.680. The fourth-order valence-corrected chi connectivity index (χ4v) is 4.60. The molecule has 3 rings (SSSR count). The quantitative estimate of drug-likeness (QED) is 0.378. The molecule has 168 valence electrons. The average Bonchev–Trinajstić information content (AvgIpc) is 2.78. The van der Waals surface area contributed by atoms with Crippen molar-refractivity contribution in [2.45, 2.75) is 71.6 Å². The molecule has 1 aliphatic heterocycles. The lowest BCUT2D eigenvalue weighted by Crippen LogP contribution is -2.28. The Kier molecular flexibility index (Phi) is 8.83. The van der Waals surface area contributed by atoms with Gasteiger partial charge < -0.3 is 14.2 Å². The second-order valence-electron chi connectivity index (χ2n) is 8.65. The van der Waals surface area contributed by atoms with Crippen LogP contribution in [-0.2, 0) is 4.74 Å². The second-order valence-corrected chi connectivity index (χ2v) is 8.65. The molecule has 0 N–H and O–H groups in total. The first-order valence-corrected chi connectivity index (χ1v) is 11.7. The Morgan fingerprint density at radius 2 is 1.63 bits per heavy atom. The Morgan fingerprint density at radius 1 is 0.933 bits per heavy atom. The van der Waals surface area contributed by atoms with Gasteiger partial charge in [0.15, 0.2) is 11.5 Å².